The highest BCUT2D eigenvalue weighted by Crippen LogP contribution is 2.16. The van der Waals surface area contributed by atoms with E-state index in [1.54, 1.807) is 0 Å². The molecule has 4 heteroatoms. The Hall–Kier alpha value is -0.160. The van der Waals surface area contributed by atoms with E-state index >= 15 is 0 Å². The first-order valence-corrected chi connectivity index (χ1v) is 7.82. The summed E-state index contributed by atoms with van der Waals surface area (Å²) in [5.74, 6) is 0. The summed E-state index contributed by atoms with van der Waals surface area (Å²) in [7, 11) is 0. The predicted octanol–water partition coefficient (Wildman–Crippen LogP) is 1.53. The average Bonchev–Trinajstić information content (AvgIpc) is 2.38. The monoisotopic (exact) mass is 276 g/mol. The van der Waals surface area contributed by atoms with Crippen LogP contribution in [0.15, 0.2) is 0 Å². The molecule has 0 aromatic rings. The molecule has 0 fully saturated rings. The molecule has 0 aliphatic heterocycles. The summed E-state index contributed by atoms with van der Waals surface area (Å²) in [6.45, 7) is 10.8. The van der Waals surface area contributed by atoms with E-state index < -0.39 is 0 Å². The van der Waals surface area contributed by atoms with Crippen LogP contribution in [0.1, 0.15) is 53.4 Å². The summed E-state index contributed by atoms with van der Waals surface area (Å²) >= 11 is 0. The second-order valence-electron chi connectivity index (χ2n) is 5.80. The average molecular weight is 276 g/mol. The van der Waals surface area contributed by atoms with Crippen LogP contribution in [0.4, 0.5) is 0 Å². The molecule has 116 valence electrons. The summed E-state index contributed by atoms with van der Waals surface area (Å²) < 4.78 is 0.621. The van der Waals surface area contributed by atoms with Crippen molar-refractivity contribution < 1.29 is 19.8 Å². The Morgan fingerprint density at radius 3 is 1.21 bits per heavy atom. The molecule has 0 heterocycles. The Morgan fingerprint density at radius 2 is 1.00 bits per heavy atom. The number of nitrogens with zero attached hydrogens (tertiary/aromatic N) is 1. The highest BCUT2D eigenvalue weighted by molar-refractivity contribution is 4.62. The fourth-order valence-corrected chi connectivity index (χ4v) is 2.70. The first kappa shape index (κ1) is 18.8. The fraction of sp³-hybridized carbons (Fsp3) is 1.00. The van der Waals surface area contributed by atoms with Gasteiger partial charge in [0.25, 0.3) is 0 Å². The first-order valence-electron chi connectivity index (χ1n) is 7.82. The molecule has 0 spiro atoms. The van der Waals surface area contributed by atoms with E-state index in [2.05, 4.69) is 6.92 Å². The van der Waals surface area contributed by atoms with Crippen LogP contribution in [-0.2, 0) is 0 Å². The predicted molar refractivity (Wildman–Crippen MR) is 78.9 cm³/mol. The van der Waals surface area contributed by atoms with Gasteiger partial charge in [-0.1, -0.05) is 27.7 Å². The summed E-state index contributed by atoms with van der Waals surface area (Å²) in [5.41, 5.74) is 0. The van der Waals surface area contributed by atoms with Gasteiger partial charge in [0.1, 0.15) is 37.9 Å². The maximum Gasteiger partial charge on any atom is 0.105 e. The molecular weight excluding hydrogens is 242 g/mol. The van der Waals surface area contributed by atoms with Gasteiger partial charge in [0.2, 0.25) is 0 Å². The van der Waals surface area contributed by atoms with E-state index in [0.29, 0.717) is 43.4 Å². The van der Waals surface area contributed by atoms with Crippen molar-refractivity contribution in [3.8, 4) is 0 Å². The minimum atomic E-state index is -0.361. The number of hydrogen-bond donors (Lipinski definition) is 3. The smallest absolute Gasteiger partial charge is 0.105 e. The first-order chi connectivity index (χ1) is 8.92. The van der Waals surface area contributed by atoms with Crippen LogP contribution in [0.2, 0.25) is 0 Å². The Labute approximate surface area is 118 Å². The van der Waals surface area contributed by atoms with Crippen molar-refractivity contribution >= 4 is 0 Å². The van der Waals surface area contributed by atoms with Gasteiger partial charge in [-0.05, 0) is 25.7 Å². The van der Waals surface area contributed by atoms with E-state index in [-0.39, 0.29) is 18.3 Å². The fourth-order valence-electron chi connectivity index (χ4n) is 2.70. The van der Waals surface area contributed by atoms with Crippen molar-refractivity contribution in [3.05, 3.63) is 0 Å². The third-order valence-corrected chi connectivity index (χ3v) is 3.91. The van der Waals surface area contributed by atoms with E-state index in [1.165, 1.54) is 0 Å². The van der Waals surface area contributed by atoms with Gasteiger partial charge in [0.15, 0.2) is 0 Å². The van der Waals surface area contributed by atoms with Crippen molar-refractivity contribution in [2.24, 2.45) is 0 Å². The second-order valence-corrected chi connectivity index (χ2v) is 5.80. The van der Waals surface area contributed by atoms with Crippen LogP contribution in [0, 0.1) is 0 Å². The summed E-state index contributed by atoms with van der Waals surface area (Å²) in [5, 5.41) is 30.0. The van der Waals surface area contributed by atoms with Crippen LogP contribution in [0.3, 0.4) is 0 Å². The molecule has 0 amide bonds. The largest absolute Gasteiger partial charge is 0.387 e. The number of quaternary nitrogens is 1. The third kappa shape index (κ3) is 7.25. The van der Waals surface area contributed by atoms with Gasteiger partial charge in [-0.15, -0.1) is 0 Å². The van der Waals surface area contributed by atoms with Crippen molar-refractivity contribution in [1.29, 1.82) is 0 Å². The quantitative estimate of drug-likeness (QED) is 0.502. The summed E-state index contributed by atoms with van der Waals surface area (Å²) in [6.07, 6.45) is 2.05. The van der Waals surface area contributed by atoms with E-state index in [0.717, 1.165) is 13.0 Å². The van der Waals surface area contributed by atoms with Crippen molar-refractivity contribution in [3.63, 3.8) is 0 Å². The van der Waals surface area contributed by atoms with E-state index in [1.807, 2.05) is 20.8 Å². The van der Waals surface area contributed by atoms with Crippen LogP contribution in [0.25, 0.3) is 0 Å². The lowest BCUT2D eigenvalue weighted by atomic mass is 10.1. The SMILES string of the molecule is CCC[N+](CC(O)CC)(CC(O)CC)CC(O)CC. The maximum absolute atomic E-state index is 10.0. The highest BCUT2D eigenvalue weighted by atomic mass is 16.3. The third-order valence-electron chi connectivity index (χ3n) is 3.91. The van der Waals surface area contributed by atoms with Crippen molar-refractivity contribution in [1.82, 2.24) is 0 Å². The zero-order valence-corrected chi connectivity index (χ0v) is 13.2. The molecule has 0 aromatic heterocycles. The van der Waals surface area contributed by atoms with E-state index in [9.17, 15) is 15.3 Å². The summed E-state index contributed by atoms with van der Waals surface area (Å²) in [6, 6.07) is 0. The van der Waals surface area contributed by atoms with E-state index in [4.69, 9.17) is 0 Å². The molecule has 0 radical (unpaired) electrons. The number of hydrogen-bond acceptors (Lipinski definition) is 3. The zero-order chi connectivity index (χ0) is 14.9. The zero-order valence-electron chi connectivity index (χ0n) is 13.2. The molecule has 0 bridgehead atoms. The minimum Gasteiger partial charge on any atom is -0.387 e. The van der Waals surface area contributed by atoms with Crippen LogP contribution < -0.4 is 0 Å². The van der Waals surface area contributed by atoms with Gasteiger partial charge in [0.05, 0.1) is 6.54 Å². The maximum atomic E-state index is 10.0. The lowest BCUT2D eigenvalue weighted by Crippen LogP contribution is -2.59. The Kier molecular flexibility index (Phi) is 9.62. The van der Waals surface area contributed by atoms with Crippen molar-refractivity contribution in [2.75, 3.05) is 26.2 Å². The Bertz CT molecular complexity index is 192. The molecule has 0 rings (SSSR count). The van der Waals surface area contributed by atoms with Gasteiger partial charge < -0.3 is 19.8 Å². The van der Waals surface area contributed by atoms with Crippen molar-refractivity contribution in [2.45, 2.75) is 71.7 Å². The van der Waals surface area contributed by atoms with Gasteiger partial charge in [-0.25, -0.2) is 0 Å². The molecule has 19 heavy (non-hydrogen) atoms. The van der Waals surface area contributed by atoms with Gasteiger partial charge in [-0.3, -0.25) is 0 Å². The Morgan fingerprint density at radius 1 is 0.684 bits per heavy atom. The standard InChI is InChI=1S/C15H34NO3/c1-5-9-16(10-13(17)6-2,11-14(18)7-3)12-15(19)8-4/h13-15,17-19H,5-12H2,1-4H3/q+1. The molecule has 3 N–H and O–H groups in total. The number of aliphatic hydroxyl groups excluding tert-OH is 3. The summed E-state index contributed by atoms with van der Waals surface area (Å²) in [4.78, 5) is 0. The number of rotatable bonds is 11. The Balaban J connectivity index is 4.96. The van der Waals surface area contributed by atoms with Crippen LogP contribution in [0.5, 0.6) is 0 Å². The molecule has 3 unspecified atom stereocenters. The minimum absolute atomic E-state index is 0.361. The molecule has 0 saturated heterocycles. The number of aliphatic hydroxyl groups is 3. The topological polar surface area (TPSA) is 60.7 Å². The normalized spacial score (nSPS) is 19.7. The molecule has 4 nitrogen and oxygen atoms in total. The molecule has 0 aromatic carbocycles. The van der Waals surface area contributed by atoms with Crippen LogP contribution in [-0.4, -0.2) is 64.3 Å². The molecule has 0 aliphatic rings. The highest BCUT2D eigenvalue weighted by Gasteiger charge is 2.33. The molecule has 0 saturated carbocycles. The van der Waals surface area contributed by atoms with Crippen LogP contribution >= 0.6 is 0 Å². The molecule has 0 aliphatic carbocycles. The lowest BCUT2D eigenvalue weighted by Gasteiger charge is -2.42. The van der Waals surface area contributed by atoms with Gasteiger partial charge >= 0.3 is 0 Å². The van der Waals surface area contributed by atoms with Gasteiger partial charge in [0, 0.05) is 0 Å². The molecule has 3 atom stereocenters. The molecular formula is C15H34NO3+. The second kappa shape index (κ2) is 9.70. The lowest BCUT2D eigenvalue weighted by molar-refractivity contribution is -0.936. The van der Waals surface area contributed by atoms with Gasteiger partial charge in [-0.2, -0.15) is 0 Å².